The van der Waals surface area contributed by atoms with E-state index in [1.54, 1.807) is 12.3 Å². The molecule has 1 amide bonds. The Hall–Kier alpha value is -3.47. The SMILES string of the molecule is Cc1ccc(C)c(NC(=O)COC(=O)/C=C/c2cccc3cccnc23)c1. The monoisotopic (exact) mass is 360 g/mol. The number of benzene rings is 2. The summed E-state index contributed by atoms with van der Waals surface area (Å²) in [5.41, 5.74) is 4.32. The van der Waals surface area contributed by atoms with Gasteiger partial charge in [-0.25, -0.2) is 4.79 Å². The van der Waals surface area contributed by atoms with Crippen molar-refractivity contribution in [1.82, 2.24) is 4.98 Å². The number of anilines is 1. The van der Waals surface area contributed by atoms with E-state index in [4.69, 9.17) is 4.74 Å². The van der Waals surface area contributed by atoms with Gasteiger partial charge in [-0.05, 0) is 43.2 Å². The number of nitrogens with one attached hydrogen (secondary N) is 1. The van der Waals surface area contributed by atoms with Gasteiger partial charge in [0.1, 0.15) is 0 Å². The highest BCUT2D eigenvalue weighted by Crippen LogP contribution is 2.17. The van der Waals surface area contributed by atoms with Gasteiger partial charge in [-0.2, -0.15) is 0 Å². The van der Waals surface area contributed by atoms with Crippen LogP contribution in [0.4, 0.5) is 5.69 Å². The van der Waals surface area contributed by atoms with E-state index >= 15 is 0 Å². The number of carbonyl (C=O) groups excluding carboxylic acids is 2. The fraction of sp³-hybridized carbons (Fsp3) is 0.136. The lowest BCUT2D eigenvalue weighted by atomic mass is 10.1. The van der Waals surface area contributed by atoms with Crippen molar-refractivity contribution in [1.29, 1.82) is 0 Å². The van der Waals surface area contributed by atoms with Gasteiger partial charge in [0, 0.05) is 28.9 Å². The zero-order valence-corrected chi connectivity index (χ0v) is 15.2. The molecule has 3 rings (SSSR count). The molecule has 27 heavy (non-hydrogen) atoms. The molecule has 0 aliphatic rings. The number of aromatic nitrogens is 1. The molecule has 0 aliphatic heterocycles. The standard InChI is InChI=1S/C22H20N2O3/c1-15-8-9-16(2)19(13-15)24-20(25)14-27-21(26)11-10-18-6-3-5-17-7-4-12-23-22(17)18/h3-13H,14H2,1-2H3,(H,24,25)/b11-10+. The third kappa shape index (κ3) is 4.79. The summed E-state index contributed by atoms with van der Waals surface area (Å²) in [6, 6.07) is 15.3. The van der Waals surface area contributed by atoms with E-state index in [1.807, 2.05) is 62.4 Å². The van der Waals surface area contributed by atoms with Crippen LogP contribution >= 0.6 is 0 Å². The molecule has 0 bridgehead atoms. The largest absolute Gasteiger partial charge is 0.452 e. The molecular formula is C22H20N2O3. The number of ether oxygens (including phenoxy) is 1. The van der Waals surface area contributed by atoms with Crippen molar-refractivity contribution in [2.24, 2.45) is 0 Å². The van der Waals surface area contributed by atoms with Crippen molar-refractivity contribution in [3.63, 3.8) is 0 Å². The smallest absolute Gasteiger partial charge is 0.331 e. The van der Waals surface area contributed by atoms with Crippen LogP contribution in [0.2, 0.25) is 0 Å². The highest BCUT2D eigenvalue weighted by molar-refractivity contribution is 5.96. The molecule has 0 fully saturated rings. The Morgan fingerprint density at radius 2 is 1.93 bits per heavy atom. The molecule has 1 N–H and O–H groups in total. The van der Waals surface area contributed by atoms with Gasteiger partial charge in [0.2, 0.25) is 0 Å². The molecule has 136 valence electrons. The third-order valence-corrected chi connectivity index (χ3v) is 4.08. The highest BCUT2D eigenvalue weighted by atomic mass is 16.5. The number of amides is 1. The van der Waals surface area contributed by atoms with Crippen molar-refractivity contribution < 1.29 is 14.3 Å². The molecule has 1 heterocycles. The summed E-state index contributed by atoms with van der Waals surface area (Å²) in [5, 5.41) is 3.74. The predicted molar refractivity (Wildman–Crippen MR) is 106 cm³/mol. The van der Waals surface area contributed by atoms with Gasteiger partial charge in [0.15, 0.2) is 6.61 Å². The minimum absolute atomic E-state index is 0.343. The molecule has 0 spiro atoms. The van der Waals surface area contributed by atoms with Crippen molar-refractivity contribution >= 4 is 34.5 Å². The van der Waals surface area contributed by atoms with Crippen LogP contribution in [-0.2, 0) is 14.3 Å². The van der Waals surface area contributed by atoms with E-state index in [-0.39, 0.29) is 12.5 Å². The topological polar surface area (TPSA) is 68.3 Å². The lowest BCUT2D eigenvalue weighted by Gasteiger charge is -2.09. The number of nitrogens with zero attached hydrogens (tertiary/aromatic N) is 1. The van der Waals surface area contributed by atoms with Gasteiger partial charge in [0.25, 0.3) is 5.91 Å². The first-order valence-electron chi connectivity index (χ1n) is 8.58. The Balaban J connectivity index is 1.58. The maximum Gasteiger partial charge on any atom is 0.331 e. The average molecular weight is 360 g/mol. The fourth-order valence-corrected chi connectivity index (χ4v) is 2.66. The van der Waals surface area contributed by atoms with Gasteiger partial charge >= 0.3 is 5.97 Å². The van der Waals surface area contributed by atoms with Crippen molar-refractivity contribution in [2.45, 2.75) is 13.8 Å². The minimum atomic E-state index is -0.584. The van der Waals surface area contributed by atoms with E-state index < -0.39 is 5.97 Å². The van der Waals surface area contributed by atoms with E-state index in [9.17, 15) is 9.59 Å². The number of pyridine rings is 1. The second-order valence-corrected chi connectivity index (χ2v) is 6.23. The summed E-state index contributed by atoms with van der Waals surface area (Å²) in [4.78, 5) is 28.3. The van der Waals surface area contributed by atoms with E-state index in [0.29, 0.717) is 5.69 Å². The van der Waals surface area contributed by atoms with E-state index in [2.05, 4.69) is 10.3 Å². The van der Waals surface area contributed by atoms with Crippen molar-refractivity contribution in [3.05, 3.63) is 77.5 Å². The summed E-state index contributed by atoms with van der Waals surface area (Å²) >= 11 is 0. The van der Waals surface area contributed by atoms with Crippen LogP contribution in [0.1, 0.15) is 16.7 Å². The van der Waals surface area contributed by atoms with Gasteiger partial charge in [-0.3, -0.25) is 9.78 Å². The zero-order valence-electron chi connectivity index (χ0n) is 15.2. The van der Waals surface area contributed by atoms with E-state index in [0.717, 1.165) is 27.6 Å². The Labute approximate surface area is 157 Å². The molecule has 0 saturated heterocycles. The molecule has 5 nitrogen and oxygen atoms in total. The minimum Gasteiger partial charge on any atom is -0.452 e. The Morgan fingerprint density at radius 3 is 2.78 bits per heavy atom. The Bertz CT molecular complexity index is 1020. The number of hydrogen-bond acceptors (Lipinski definition) is 4. The molecule has 0 atom stereocenters. The molecule has 0 aliphatic carbocycles. The third-order valence-electron chi connectivity index (χ3n) is 4.08. The maximum atomic E-state index is 12.0. The van der Waals surface area contributed by atoms with Crippen LogP contribution in [0, 0.1) is 13.8 Å². The number of para-hydroxylation sites is 1. The first kappa shape index (κ1) is 18.3. The molecule has 0 radical (unpaired) electrons. The number of hydrogen-bond donors (Lipinski definition) is 1. The molecule has 5 heteroatoms. The van der Waals surface area contributed by atoms with Crippen LogP contribution in [0.5, 0.6) is 0 Å². The van der Waals surface area contributed by atoms with Crippen molar-refractivity contribution in [3.8, 4) is 0 Å². The number of aryl methyl sites for hydroxylation is 2. The molecule has 3 aromatic rings. The van der Waals surface area contributed by atoms with Crippen LogP contribution in [-0.4, -0.2) is 23.5 Å². The number of fused-ring (bicyclic) bond motifs is 1. The molecule has 2 aromatic carbocycles. The second-order valence-electron chi connectivity index (χ2n) is 6.23. The number of esters is 1. The number of rotatable bonds is 5. The second kappa shape index (κ2) is 8.27. The van der Waals surface area contributed by atoms with Crippen LogP contribution in [0.25, 0.3) is 17.0 Å². The summed E-state index contributed by atoms with van der Waals surface area (Å²) in [6.45, 7) is 3.51. The van der Waals surface area contributed by atoms with Crippen LogP contribution < -0.4 is 5.32 Å². The Kier molecular flexibility index (Phi) is 5.61. The van der Waals surface area contributed by atoms with Crippen LogP contribution in [0.15, 0.2) is 60.8 Å². The van der Waals surface area contributed by atoms with Gasteiger partial charge in [0.05, 0.1) is 5.52 Å². The first-order chi connectivity index (χ1) is 13.0. The zero-order chi connectivity index (χ0) is 19.2. The fourth-order valence-electron chi connectivity index (χ4n) is 2.66. The highest BCUT2D eigenvalue weighted by Gasteiger charge is 2.08. The number of carbonyl (C=O) groups is 2. The quantitative estimate of drug-likeness (QED) is 0.551. The summed E-state index contributed by atoms with van der Waals surface area (Å²) < 4.78 is 5.02. The first-order valence-corrected chi connectivity index (χ1v) is 8.58. The molecule has 0 unspecified atom stereocenters. The molecular weight excluding hydrogens is 340 g/mol. The molecule has 1 aromatic heterocycles. The maximum absolute atomic E-state index is 12.0. The molecule has 0 saturated carbocycles. The van der Waals surface area contributed by atoms with E-state index in [1.165, 1.54) is 6.08 Å². The normalized spacial score (nSPS) is 10.9. The Morgan fingerprint density at radius 1 is 1.11 bits per heavy atom. The lowest BCUT2D eigenvalue weighted by molar-refractivity contribution is -0.142. The van der Waals surface area contributed by atoms with Gasteiger partial charge in [-0.15, -0.1) is 0 Å². The predicted octanol–water partition coefficient (Wildman–Crippen LogP) is 4.05. The summed E-state index contributed by atoms with van der Waals surface area (Å²) in [5.74, 6) is -0.962. The van der Waals surface area contributed by atoms with Crippen LogP contribution in [0.3, 0.4) is 0 Å². The van der Waals surface area contributed by atoms with Gasteiger partial charge in [-0.1, -0.05) is 36.4 Å². The lowest BCUT2D eigenvalue weighted by Crippen LogP contribution is -2.20. The average Bonchev–Trinajstić information content (AvgIpc) is 2.67. The van der Waals surface area contributed by atoms with Gasteiger partial charge < -0.3 is 10.1 Å². The van der Waals surface area contributed by atoms with Crippen molar-refractivity contribution in [2.75, 3.05) is 11.9 Å². The summed E-state index contributed by atoms with van der Waals surface area (Å²) in [6.07, 6.45) is 4.64. The summed E-state index contributed by atoms with van der Waals surface area (Å²) in [7, 11) is 0.